The topological polar surface area (TPSA) is 125 Å². The smallest absolute Gasteiger partial charge is 0.251 e. The Morgan fingerprint density at radius 1 is 0.809 bits per heavy atom. The van der Waals surface area contributed by atoms with E-state index in [0.717, 1.165) is 16.7 Å². The highest BCUT2D eigenvalue weighted by atomic mass is 16.2. The van der Waals surface area contributed by atoms with Crippen LogP contribution in [0.4, 0.5) is 5.69 Å². The molecule has 3 atom stereocenters. The van der Waals surface area contributed by atoms with Gasteiger partial charge in [-0.3, -0.25) is 14.4 Å². The lowest BCUT2D eigenvalue weighted by molar-refractivity contribution is -0.123. The highest BCUT2D eigenvalue weighted by Crippen LogP contribution is 2.29. The number of anilines is 1. The number of carbonyl (C=O) groups is 3. The molecule has 0 spiro atoms. The van der Waals surface area contributed by atoms with Gasteiger partial charge in [0.25, 0.3) is 11.8 Å². The first-order valence-electron chi connectivity index (χ1n) is 16.5. The van der Waals surface area contributed by atoms with Crippen LogP contribution < -0.4 is 27.0 Å². The highest BCUT2D eigenvalue weighted by Gasteiger charge is 2.25. The molecule has 8 heteroatoms. The molecule has 47 heavy (non-hydrogen) atoms. The number of nitrogens with two attached hydrogens (primary N) is 1. The lowest BCUT2D eigenvalue weighted by atomic mass is 9.97. The van der Waals surface area contributed by atoms with Gasteiger partial charge in [-0.1, -0.05) is 85.8 Å². The molecule has 4 aromatic carbocycles. The van der Waals surface area contributed by atoms with E-state index in [9.17, 15) is 14.4 Å². The molecule has 0 aliphatic heterocycles. The molecule has 1 saturated carbocycles. The number of amides is 3. The summed E-state index contributed by atoms with van der Waals surface area (Å²) in [6.45, 7) is 5.01. The van der Waals surface area contributed by atoms with Gasteiger partial charge >= 0.3 is 0 Å². The molecule has 1 aliphatic carbocycles. The maximum absolute atomic E-state index is 14.0. The minimum absolute atomic E-state index is 0.0160. The van der Waals surface area contributed by atoms with E-state index in [4.69, 9.17) is 5.73 Å². The fourth-order valence-electron chi connectivity index (χ4n) is 5.65. The van der Waals surface area contributed by atoms with Crippen LogP contribution in [0.2, 0.25) is 0 Å². The average molecular weight is 632 g/mol. The summed E-state index contributed by atoms with van der Waals surface area (Å²) in [5.74, 6) is -0.0347. The summed E-state index contributed by atoms with van der Waals surface area (Å²) in [6, 6.07) is 31.3. The third kappa shape index (κ3) is 9.53. The molecule has 8 nitrogen and oxygen atoms in total. The van der Waals surface area contributed by atoms with Crippen molar-refractivity contribution in [2.75, 3.05) is 18.8 Å². The monoisotopic (exact) mass is 631 g/mol. The Hall–Kier alpha value is -4.95. The van der Waals surface area contributed by atoms with Crippen LogP contribution >= 0.6 is 0 Å². The summed E-state index contributed by atoms with van der Waals surface area (Å²) >= 11 is 0. The quantitative estimate of drug-likeness (QED) is 0.108. The van der Waals surface area contributed by atoms with Crippen LogP contribution in [0.15, 0.2) is 103 Å². The van der Waals surface area contributed by atoms with E-state index >= 15 is 0 Å². The van der Waals surface area contributed by atoms with Crippen molar-refractivity contribution < 1.29 is 14.4 Å². The van der Waals surface area contributed by atoms with Gasteiger partial charge in [-0.2, -0.15) is 0 Å². The minimum Gasteiger partial charge on any atom is -0.398 e. The van der Waals surface area contributed by atoms with Crippen LogP contribution in [0, 0.1) is 5.92 Å². The molecule has 244 valence electrons. The number of nitrogens with one attached hydrogen (secondary N) is 4. The summed E-state index contributed by atoms with van der Waals surface area (Å²) in [4.78, 5) is 40.5. The van der Waals surface area contributed by atoms with Gasteiger partial charge in [0.1, 0.15) is 0 Å². The van der Waals surface area contributed by atoms with Gasteiger partial charge in [0, 0.05) is 41.5 Å². The fourth-order valence-corrected chi connectivity index (χ4v) is 5.65. The van der Waals surface area contributed by atoms with Gasteiger partial charge < -0.3 is 27.0 Å². The zero-order valence-corrected chi connectivity index (χ0v) is 27.2. The minimum atomic E-state index is -0.366. The van der Waals surface area contributed by atoms with Crippen molar-refractivity contribution in [2.45, 2.75) is 57.7 Å². The molecule has 0 bridgehead atoms. The molecular weight excluding hydrogens is 586 g/mol. The Kier molecular flexibility index (Phi) is 11.4. The summed E-state index contributed by atoms with van der Waals surface area (Å²) in [6.07, 6.45) is 3.53. The van der Waals surface area contributed by atoms with E-state index in [1.807, 2.05) is 92.7 Å². The van der Waals surface area contributed by atoms with Crippen molar-refractivity contribution in [3.63, 3.8) is 0 Å². The van der Waals surface area contributed by atoms with E-state index in [-0.39, 0.29) is 35.8 Å². The lowest BCUT2D eigenvalue weighted by Crippen LogP contribution is -2.50. The largest absolute Gasteiger partial charge is 0.398 e. The molecular formula is C39H45N5O3. The molecule has 0 radical (unpaired) electrons. The fraction of sp³-hybridized carbons (Fsp3) is 0.308. The Balaban J connectivity index is 1.38. The number of hydrogen-bond acceptors (Lipinski definition) is 5. The Labute approximate surface area is 277 Å². The van der Waals surface area contributed by atoms with E-state index in [2.05, 4.69) is 21.3 Å². The molecule has 3 amide bonds. The maximum Gasteiger partial charge on any atom is 0.251 e. The second-order valence-electron chi connectivity index (χ2n) is 12.4. The highest BCUT2D eigenvalue weighted by molar-refractivity contribution is 6.02. The molecule has 0 aromatic heterocycles. The van der Waals surface area contributed by atoms with Gasteiger partial charge in [0.05, 0.1) is 12.1 Å². The van der Waals surface area contributed by atoms with Gasteiger partial charge in [0.2, 0.25) is 5.91 Å². The van der Waals surface area contributed by atoms with Crippen LogP contribution in [0.25, 0.3) is 11.1 Å². The molecule has 1 aliphatic rings. The molecule has 1 fully saturated rings. The zero-order valence-electron chi connectivity index (χ0n) is 27.2. The number of carbonyl (C=O) groups excluding carboxylic acids is 3. The molecule has 0 heterocycles. The molecule has 5 rings (SSSR count). The van der Waals surface area contributed by atoms with Crippen molar-refractivity contribution >= 4 is 23.4 Å². The number of benzene rings is 4. The predicted octanol–water partition coefficient (Wildman–Crippen LogP) is 5.66. The zero-order chi connectivity index (χ0) is 33.2. The third-order valence-corrected chi connectivity index (χ3v) is 8.63. The number of nitrogen functional groups attached to an aromatic ring is 1. The Bertz CT molecular complexity index is 1660. The van der Waals surface area contributed by atoms with Crippen LogP contribution in [-0.2, 0) is 11.2 Å². The van der Waals surface area contributed by atoms with Gasteiger partial charge in [-0.05, 0) is 79.5 Å². The van der Waals surface area contributed by atoms with Crippen molar-refractivity contribution in [1.29, 1.82) is 0 Å². The first kappa shape index (κ1) is 33.4. The number of para-hydroxylation sites is 1. The van der Waals surface area contributed by atoms with Crippen LogP contribution in [-0.4, -0.2) is 42.9 Å². The first-order chi connectivity index (χ1) is 22.8. The predicted molar refractivity (Wildman–Crippen MR) is 188 cm³/mol. The third-order valence-electron chi connectivity index (χ3n) is 8.63. The Morgan fingerprint density at radius 2 is 1.43 bits per heavy atom. The summed E-state index contributed by atoms with van der Waals surface area (Å²) < 4.78 is 0. The summed E-state index contributed by atoms with van der Waals surface area (Å²) in [5, 5.41) is 12.7. The average Bonchev–Trinajstić information content (AvgIpc) is 3.93. The van der Waals surface area contributed by atoms with Gasteiger partial charge in [-0.25, -0.2) is 0 Å². The maximum atomic E-state index is 14.0. The van der Waals surface area contributed by atoms with Crippen molar-refractivity contribution in [3.8, 4) is 11.1 Å². The van der Waals surface area contributed by atoms with Crippen LogP contribution in [0.5, 0.6) is 0 Å². The Morgan fingerprint density at radius 3 is 2.06 bits per heavy atom. The van der Waals surface area contributed by atoms with Gasteiger partial charge in [0.15, 0.2) is 0 Å². The van der Waals surface area contributed by atoms with Crippen molar-refractivity contribution in [3.05, 3.63) is 125 Å². The SMILES string of the molecule is CC[C@H](NC[C@@H](Cc1ccccc1)NC(=O)c1cc(C(=O)N[C@H](C)c2ccccc2)cc(-c2ccccc2N)c1)C(=O)NCC1CC1. The number of hydrogen-bond donors (Lipinski definition) is 5. The lowest BCUT2D eigenvalue weighted by Gasteiger charge is -2.24. The summed E-state index contributed by atoms with van der Waals surface area (Å²) in [5.41, 5.74) is 11.0. The van der Waals surface area contributed by atoms with Gasteiger partial charge in [-0.15, -0.1) is 0 Å². The molecule has 4 aromatic rings. The second kappa shape index (κ2) is 16.1. The first-order valence-corrected chi connectivity index (χ1v) is 16.5. The van der Waals surface area contributed by atoms with Crippen molar-refractivity contribution in [1.82, 2.24) is 21.3 Å². The van der Waals surface area contributed by atoms with E-state index in [1.54, 1.807) is 24.3 Å². The van der Waals surface area contributed by atoms with E-state index in [1.165, 1.54) is 12.8 Å². The van der Waals surface area contributed by atoms with E-state index < -0.39 is 0 Å². The van der Waals surface area contributed by atoms with Crippen LogP contribution in [0.1, 0.15) is 71.0 Å². The standard InChI is InChI=1S/C39H45N5O3/c1-3-36(39(47)42-24-28-18-19-28)41-25-33(20-27-12-6-4-7-13-27)44-38(46)32-22-30(34-16-10-11-17-35(34)40)21-31(23-32)37(45)43-26(2)29-14-8-5-9-15-29/h4-17,21-23,26,28,33,36,41H,3,18-20,24-25,40H2,1-2H3,(H,42,47)(H,43,45)(H,44,46)/t26-,33-,36+/m1/s1. The normalized spacial score (nSPS) is 14.4. The summed E-state index contributed by atoms with van der Waals surface area (Å²) in [7, 11) is 0. The molecule has 6 N–H and O–H groups in total. The van der Waals surface area contributed by atoms with E-state index in [0.29, 0.717) is 54.2 Å². The molecule has 0 saturated heterocycles. The van der Waals surface area contributed by atoms with Crippen LogP contribution in [0.3, 0.4) is 0 Å². The van der Waals surface area contributed by atoms with Crippen molar-refractivity contribution in [2.24, 2.45) is 5.92 Å². The number of rotatable bonds is 15. The molecule has 0 unspecified atom stereocenters. The second-order valence-corrected chi connectivity index (χ2v) is 12.4.